The lowest BCUT2D eigenvalue weighted by Crippen LogP contribution is -2.29. The van der Waals surface area contributed by atoms with Crippen molar-refractivity contribution in [3.63, 3.8) is 0 Å². The lowest BCUT2D eigenvalue weighted by atomic mass is 9.80. The first-order valence-electron chi connectivity index (χ1n) is 5.88. The lowest BCUT2D eigenvalue weighted by molar-refractivity contribution is -0.149. The summed E-state index contributed by atoms with van der Waals surface area (Å²) in [5.74, 6) is 0.0954. The van der Waals surface area contributed by atoms with Gasteiger partial charge in [-0.15, -0.1) is 0 Å². The van der Waals surface area contributed by atoms with Crippen LogP contribution in [-0.2, 0) is 4.79 Å². The van der Waals surface area contributed by atoms with Crippen LogP contribution in [-0.4, -0.2) is 11.1 Å². The molecule has 0 aromatic heterocycles. The van der Waals surface area contributed by atoms with Crippen LogP contribution in [0.25, 0.3) is 0 Å². The Morgan fingerprint density at radius 2 is 2.06 bits per heavy atom. The van der Waals surface area contributed by atoms with Crippen molar-refractivity contribution in [1.82, 2.24) is 0 Å². The van der Waals surface area contributed by atoms with Gasteiger partial charge in [0.2, 0.25) is 0 Å². The standard InChI is InChI=1S/C14H18O2/c1-3-14(2,13(15)16)12-9-11(12)10-7-5-4-6-8-10/h4-8,11-12H,3,9H2,1-2H3,(H,15,16). The molecule has 0 aliphatic heterocycles. The van der Waals surface area contributed by atoms with E-state index in [1.807, 2.05) is 32.0 Å². The third-order valence-corrected chi connectivity index (χ3v) is 4.06. The zero-order chi connectivity index (χ0) is 11.8. The fourth-order valence-electron chi connectivity index (χ4n) is 2.54. The predicted molar refractivity (Wildman–Crippen MR) is 63.3 cm³/mol. The second-order valence-corrected chi connectivity index (χ2v) is 4.94. The van der Waals surface area contributed by atoms with Crippen molar-refractivity contribution in [3.05, 3.63) is 35.9 Å². The molecule has 1 aliphatic rings. The summed E-state index contributed by atoms with van der Waals surface area (Å²) in [6.07, 6.45) is 1.72. The molecule has 1 aromatic carbocycles. The summed E-state index contributed by atoms with van der Waals surface area (Å²) in [5.41, 5.74) is 0.731. The summed E-state index contributed by atoms with van der Waals surface area (Å²) < 4.78 is 0. The fraction of sp³-hybridized carbons (Fsp3) is 0.500. The zero-order valence-electron chi connectivity index (χ0n) is 9.81. The molecule has 3 atom stereocenters. The Morgan fingerprint density at radius 3 is 2.56 bits per heavy atom. The molecule has 0 bridgehead atoms. The Balaban J connectivity index is 2.14. The van der Waals surface area contributed by atoms with Crippen LogP contribution in [0.3, 0.4) is 0 Å². The van der Waals surface area contributed by atoms with Crippen molar-refractivity contribution in [2.75, 3.05) is 0 Å². The second kappa shape index (κ2) is 3.93. The molecule has 2 heteroatoms. The van der Waals surface area contributed by atoms with E-state index >= 15 is 0 Å². The largest absolute Gasteiger partial charge is 0.481 e. The molecule has 2 nitrogen and oxygen atoms in total. The highest BCUT2D eigenvalue weighted by atomic mass is 16.4. The van der Waals surface area contributed by atoms with Gasteiger partial charge in [-0.05, 0) is 37.2 Å². The normalized spacial score (nSPS) is 27.1. The van der Waals surface area contributed by atoms with Crippen LogP contribution in [0.15, 0.2) is 30.3 Å². The summed E-state index contributed by atoms with van der Waals surface area (Å²) in [4.78, 5) is 11.3. The van der Waals surface area contributed by atoms with Crippen LogP contribution >= 0.6 is 0 Å². The summed E-state index contributed by atoms with van der Waals surface area (Å²) >= 11 is 0. The molecule has 0 saturated heterocycles. The Labute approximate surface area is 96.3 Å². The molecule has 16 heavy (non-hydrogen) atoms. The third-order valence-electron chi connectivity index (χ3n) is 4.06. The molecule has 0 radical (unpaired) electrons. The molecule has 1 aromatic rings. The lowest BCUT2D eigenvalue weighted by Gasteiger charge is -2.23. The summed E-state index contributed by atoms with van der Waals surface area (Å²) in [7, 11) is 0. The monoisotopic (exact) mass is 218 g/mol. The van der Waals surface area contributed by atoms with Crippen molar-refractivity contribution in [2.24, 2.45) is 11.3 Å². The number of aliphatic carboxylic acids is 1. The maximum atomic E-state index is 11.3. The number of carboxylic acid groups (broad SMARTS) is 1. The zero-order valence-corrected chi connectivity index (χ0v) is 9.81. The molecule has 2 rings (SSSR count). The molecular weight excluding hydrogens is 200 g/mol. The van der Waals surface area contributed by atoms with Crippen LogP contribution in [0, 0.1) is 11.3 Å². The number of benzene rings is 1. The van der Waals surface area contributed by atoms with Gasteiger partial charge in [0.25, 0.3) is 0 Å². The Morgan fingerprint density at radius 1 is 1.44 bits per heavy atom. The first-order valence-corrected chi connectivity index (χ1v) is 5.88. The second-order valence-electron chi connectivity index (χ2n) is 4.94. The van der Waals surface area contributed by atoms with E-state index in [0.717, 1.165) is 6.42 Å². The van der Waals surface area contributed by atoms with E-state index < -0.39 is 11.4 Å². The summed E-state index contributed by atoms with van der Waals surface area (Å²) in [6, 6.07) is 10.2. The van der Waals surface area contributed by atoms with E-state index in [9.17, 15) is 9.90 Å². The van der Waals surface area contributed by atoms with Crippen LogP contribution in [0.1, 0.15) is 38.2 Å². The van der Waals surface area contributed by atoms with Gasteiger partial charge in [-0.3, -0.25) is 4.79 Å². The highest BCUT2D eigenvalue weighted by Crippen LogP contribution is 2.58. The van der Waals surface area contributed by atoms with Crippen molar-refractivity contribution in [3.8, 4) is 0 Å². The SMILES string of the molecule is CCC(C)(C(=O)O)C1CC1c1ccccc1. The van der Waals surface area contributed by atoms with Gasteiger partial charge in [0, 0.05) is 0 Å². The van der Waals surface area contributed by atoms with Gasteiger partial charge in [0.05, 0.1) is 5.41 Å². The van der Waals surface area contributed by atoms with E-state index in [-0.39, 0.29) is 0 Å². The van der Waals surface area contributed by atoms with Gasteiger partial charge in [0.15, 0.2) is 0 Å². The topological polar surface area (TPSA) is 37.3 Å². The minimum absolute atomic E-state index is 0.303. The van der Waals surface area contributed by atoms with Crippen LogP contribution in [0.4, 0.5) is 0 Å². The highest BCUT2D eigenvalue weighted by molar-refractivity contribution is 5.75. The minimum atomic E-state index is -0.654. The molecule has 86 valence electrons. The van der Waals surface area contributed by atoms with Gasteiger partial charge in [-0.2, -0.15) is 0 Å². The van der Waals surface area contributed by atoms with Crippen LogP contribution in [0.2, 0.25) is 0 Å². The van der Waals surface area contributed by atoms with Crippen LogP contribution in [0.5, 0.6) is 0 Å². The van der Waals surface area contributed by atoms with E-state index in [1.165, 1.54) is 5.56 Å². The summed E-state index contributed by atoms with van der Waals surface area (Å²) in [6.45, 7) is 3.84. The van der Waals surface area contributed by atoms with Crippen molar-refractivity contribution in [1.29, 1.82) is 0 Å². The highest BCUT2D eigenvalue weighted by Gasteiger charge is 2.53. The Bertz CT molecular complexity index is 385. The first-order chi connectivity index (χ1) is 7.59. The first kappa shape index (κ1) is 11.2. The van der Waals surface area contributed by atoms with Crippen molar-refractivity contribution in [2.45, 2.75) is 32.6 Å². The molecule has 1 aliphatic carbocycles. The maximum absolute atomic E-state index is 11.3. The molecular formula is C14H18O2. The number of carbonyl (C=O) groups is 1. The van der Waals surface area contributed by atoms with E-state index in [1.54, 1.807) is 0 Å². The summed E-state index contributed by atoms with van der Waals surface area (Å²) in [5, 5.41) is 9.31. The van der Waals surface area contributed by atoms with Gasteiger partial charge in [-0.25, -0.2) is 0 Å². The molecule has 1 N–H and O–H groups in total. The van der Waals surface area contributed by atoms with Crippen LogP contribution < -0.4 is 0 Å². The smallest absolute Gasteiger partial charge is 0.309 e. The average molecular weight is 218 g/mol. The quantitative estimate of drug-likeness (QED) is 0.842. The van der Waals surface area contributed by atoms with Gasteiger partial charge < -0.3 is 5.11 Å². The molecule has 1 fully saturated rings. The van der Waals surface area contributed by atoms with E-state index in [0.29, 0.717) is 18.3 Å². The average Bonchev–Trinajstić information content (AvgIpc) is 3.09. The Kier molecular flexibility index (Phi) is 2.75. The number of hydrogen-bond donors (Lipinski definition) is 1. The molecule has 1 saturated carbocycles. The molecule has 0 spiro atoms. The van der Waals surface area contributed by atoms with Crippen molar-refractivity contribution >= 4 is 5.97 Å². The number of hydrogen-bond acceptors (Lipinski definition) is 1. The number of rotatable bonds is 4. The molecule has 0 heterocycles. The minimum Gasteiger partial charge on any atom is -0.481 e. The maximum Gasteiger partial charge on any atom is 0.309 e. The van der Waals surface area contributed by atoms with Gasteiger partial charge in [-0.1, -0.05) is 37.3 Å². The Hall–Kier alpha value is -1.31. The molecule has 0 amide bonds. The molecule has 3 unspecified atom stereocenters. The fourth-order valence-corrected chi connectivity index (χ4v) is 2.54. The van der Waals surface area contributed by atoms with Gasteiger partial charge >= 0.3 is 5.97 Å². The van der Waals surface area contributed by atoms with E-state index in [4.69, 9.17) is 0 Å². The van der Waals surface area contributed by atoms with E-state index in [2.05, 4.69) is 12.1 Å². The van der Waals surface area contributed by atoms with Crippen molar-refractivity contribution < 1.29 is 9.90 Å². The predicted octanol–water partition coefficient (Wildman–Crippen LogP) is 3.29. The van der Waals surface area contributed by atoms with Gasteiger partial charge in [0.1, 0.15) is 0 Å². The number of carboxylic acids is 1. The third kappa shape index (κ3) is 1.73.